The number of carbonyl (C=O) groups is 4. The Balaban J connectivity index is 0.000000310. The number of amides is 3. The van der Waals surface area contributed by atoms with Crippen LogP contribution in [0, 0.1) is 11.3 Å². The maximum absolute atomic E-state index is 12.9. The molecular formula is C113H142AlCl2FLiN13O12S2. The van der Waals surface area contributed by atoms with E-state index in [9.17, 15) is 41.3 Å². The number of ether oxygens (including phenoxy) is 4. The molecule has 0 bridgehead atoms. The van der Waals surface area contributed by atoms with Crippen LogP contribution in [-0.4, -0.2) is 196 Å². The van der Waals surface area contributed by atoms with Crippen molar-refractivity contribution in [2.45, 2.75) is 111 Å². The molecular weight excluding hydrogens is 1920 g/mol. The van der Waals surface area contributed by atoms with Gasteiger partial charge in [-0.05, 0) is 208 Å². The van der Waals surface area contributed by atoms with Crippen molar-refractivity contribution in [1.82, 2.24) is 40.3 Å². The first-order valence-electron chi connectivity index (χ1n) is 47.7. The van der Waals surface area contributed by atoms with E-state index in [1.54, 1.807) is 62.8 Å². The van der Waals surface area contributed by atoms with Crippen molar-refractivity contribution < 1.29 is 81.4 Å². The number of methoxy groups -OCH3 is 4. The Bertz CT molecular complexity index is 6160. The number of rotatable bonds is 27. The standard InChI is InChI=1S/C27H30N2O2.C20H25N3O4S.C20H24N2O2.C19H24N2.C19H20N2.C8H7ClO2.Al.ClH.FH.Li.H4N2O2S.H2.4H/c1-31-25-15-9-8-14-24(25)26(30)28-21-27(23-12-6-3-7-13-23)16-18-29(19-17-27)20-22-10-4-2-5-11-22;1-27-18-10-6-5-9-17(18)19(24)22-15-20(16-7-3-2-4-8-16)11-13-23(14-12-20)28(21,25)26;1-24-18-10-6-5-9-17(18)19(23)22-15-20(11-13-21-14-12-20)16-7-3-2-4-8-16;2*20-16-19(18-9-5-2-6-10-18)11-13-21(14-12-19)15-17-7-3-1-4-8-17;1-11-7-5-3-2-4-6(7)8(9)10;;;;;1-5(2,3)4;;;;;/h2-15H,16-21H2,1H3,(H,28,30);2-10H,11-15H2,1H3,(H,22,24)(H2,21,25,26);2-10,21H,11-15H2,1H3,(H,22,23);1-10H,11-16,20H2;1-10H,11-15H2;2-5H,1H3;;2*1H;;(H4,1,2,3,4);1H;;;;/q;;;;;;;;;+1;;;;;;-1/i;;;;;;;;;;;1+2;;;;. The van der Waals surface area contributed by atoms with E-state index in [1.807, 2.05) is 103 Å². The molecule has 145 heavy (non-hydrogen) atoms. The molecule has 0 atom stereocenters. The molecule has 5 heterocycles. The Labute approximate surface area is 892 Å². The molecule has 25 nitrogen and oxygen atoms in total. The summed E-state index contributed by atoms with van der Waals surface area (Å²) in [6.45, 7) is 14.2. The van der Waals surface area contributed by atoms with Gasteiger partial charge < -0.3 is 47.4 Å². The molecule has 5 aliphatic rings. The average molecular weight is 2060 g/mol. The minimum Gasteiger partial charge on any atom is -1.00 e. The molecule has 5 aliphatic heterocycles. The second-order valence-electron chi connectivity index (χ2n) is 36.0. The molecule has 3 amide bonds. The quantitative estimate of drug-likeness (QED) is 0.0175. The van der Waals surface area contributed by atoms with Gasteiger partial charge in [0.1, 0.15) is 23.0 Å². The first kappa shape index (κ1) is 121. The summed E-state index contributed by atoms with van der Waals surface area (Å²) in [6, 6.07) is 115. The van der Waals surface area contributed by atoms with E-state index in [4.69, 9.17) is 41.4 Å². The molecule has 5 saturated heterocycles. The van der Waals surface area contributed by atoms with Crippen LogP contribution in [0.15, 0.2) is 340 Å². The van der Waals surface area contributed by atoms with Gasteiger partial charge in [0, 0.05) is 95.1 Å². The molecule has 32 heteroatoms. The third-order valence-corrected chi connectivity index (χ3v) is 28.6. The summed E-state index contributed by atoms with van der Waals surface area (Å²) in [6.07, 6.45) is 9.33. The molecule has 12 N–H and O–H groups in total. The van der Waals surface area contributed by atoms with E-state index in [2.05, 4.69) is 240 Å². The molecule has 12 aromatic rings. The second-order valence-corrected chi connectivity index (χ2v) is 39.1. The Morgan fingerprint density at radius 3 is 0.862 bits per heavy atom. The molecule has 768 valence electrons. The van der Waals surface area contributed by atoms with Crippen LogP contribution in [0.3, 0.4) is 0 Å². The summed E-state index contributed by atoms with van der Waals surface area (Å²) in [5.74, 6) is 1.84. The van der Waals surface area contributed by atoms with Gasteiger partial charge >= 0.3 is 18.9 Å². The number of hydrogen-bond donors (Lipinski definition) is 8. The molecule has 12 aromatic carbocycles. The topological polar surface area (TPSA) is 362 Å². The number of carbonyl (C=O) groups excluding carboxylic acids is 4. The molecule has 0 aliphatic carbocycles. The number of halogens is 3. The molecule has 0 radical (unpaired) electrons. The summed E-state index contributed by atoms with van der Waals surface area (Å²) in [7, 11) is -1.17. The number of nitriles is 1. The third kappa shape index (κ3) is 36.0. The van der Waals surface area contributed by atoms with Crippen molar-refractivity contribution in [1.29, 1.82) is 5.26 Å². The van der Waals surface area contributed by atoms with Gasteiger partial charge in [-0.3, -0.25) is 38.6 Å². The Hall–Kier alpha value is -11.4. The fourth-order valence-electron chi connectivity index (χ4n) is 19.0. The van der Waals surface area contributed by atoms with Crippen molar-refractivity contribution in [2.24, 2.45) is 21.2 Å². The van der Waals surface area contributed by atoms with E-state index in [1.165, 1.54) is 57.5 Å². The molecule has 0 unspecified atom stereocenters. The summed E-state index contributed by atoms with van der Waals surface area (Å²) >= 11 is 5.27. The van der Waals surface area contributed by atoms with Gasteiger partial charge in [0.25, 0.3) is 43.4 Å². The van der Waals surface area contributed by atoms with Crippen molar-refractivity contribution >= 4 is 84.8 Å². The van der Waals surface area contributed by atoms with Gasteiger partial charge in [0.15, 0.2) is 17.4 Å². The van der Waals surface area contributed by atoms with E-state index >= 15 is 0 Å². The van der Waals surface area contributed by atoms with Crippen molar-refractivity contribution in [3.8, 4) is 29.1 Å². The summed E-state index contributed by atoms with van der Waals surface area (Å²) in [5, 5.41) is 35.5. The molecule has 0 saturated carbocycles. The zero-order valence-electron chi connectivity index (χ0n) is 83.9. The predicted molar refractivity (Wildman–Crippen MR) is 584 cm³/mol. The fraction of sp³-hybridized carbons (Fsp3) is 0.319. The molecule has 0 spiro atoms. The minimum atomic E-state index is -3.71. The minimum absolute atomic E-state index is 0. The predicted octanol–water partition coefficient (Wildman–Crippen LogP) is 13.0. The number of nitrogens with two attached hydrogens (primary N) is 4. The number of nitrogens with zero attached hydrogens (tertiary/aromatic N) is 5. The van der Waals surface area contributed by atoms with Gasteiger partial charge in [-0.15, -0.1) is 12.4 Å². The zero-order chi connectivity index (χ0) is 100. The number of nitrogens with one attached hydrogen (secondary N) is 4. The van der Waals surface area contributed by atoms with Crippen LogP contribution >= 0.6 is 24.0 Å². The maximum Gasteiger partial charge on any atom is 1.00 e. The number of benzene rings is 12. The van der Waals surface area contributed by atoms with Gasteiger partial charge in [-0.1, -0.05) is 291 Å². The van der Waals surface area contributed by atoms with E-state index in [0.717, 1.165) is 135 Å². The SMILES string of the molecule is COc1ccccc1C(=O)Cl.COc1ccccc1C(=O)NCC1(c2ccccc2)CCN(Cc2ccccc2)CC1.COc1ccccc1C(=O)NCC1(c2ccccc2)CCN(S(N)(=O)=O)CC1.COc1ccccc1C(=O)NCC1(c2ccccc2)CCNCC1.Cl.F.N#CC1(c2ccccc2)CCN(Cc2ccccc2)CC1.NCC1(c2ccccc2)CCN(Cc2ccccc2)CC1.NS(N)(=O)=O.[3HH].[AlH3].[H-].[Li+]. The van der Waals surface area contributed by atoms with Crippen LogP contribution in [0.4, 0.5) is 4.70 Å². The van der Waals surface area contributed by atoms with Gasteiger partial charge in [0.05, 0.1) is 62.2 Å². The van der Waals surface area contributed by atoms with E-state index < -0.39 is 25.7 Å². The molecule has 17 rings (SSSR count). The van der Waals surface area contributed by atoms with Crippen LogP contribution in [0.5, 0.6) is 23.0 Å². The normalized spacial score (nSPS) is 15.8. The fourth-order valence-corrected chi connectivity index (χ4v) is 19.9. The van der Waals surface area contributed by atoms with E-state index in [0.29, 0.717) is 90.8 Å². The third-order valence-electron chi connectivity index (χ3n) is 27.3. The zero-order valence-corrected chi connectivity index (χ0v) is 86.1. The first-order chi connectivity index (χ1) is 68.2. The number of hydrogen-bond acceptors (Lipinski definition) is 18. The van der Waals surface area contributed by atoms with Crippen molar-refractivity contribution in [3.05, 3.63) is 406 Å². The summed E-state index contributed by atoms with van der Waals surface area (Å²) in [4.78, 5) is 56.5. The number of para-hydroxylation sites is 4. The molecule has 5 fully saturated rings. The van der Waals surface area contributed by atoms with Gasteiger partial charge in [-0.25, -0.2) is 15.4 Å². The number of piperidine rings is 5. The molecule has 0 aromatic heterocycles. The second kappa shape index (κ2) is 60.6. The van der Waals surface area contributed by atoms with Crippen LogP contribution in [0.25, 0.3) is 0 Å². The Kier molecular flexibility index (Phi) is 50.4. The largest absolute Gasteiger partial charge is 1.00 e. The monoisotopic (exact) mass is 2060 g/mol. The Morgan fingerprint density at radius 1 is 0.372 bits per heavy atom. The van der Waals surface area contributed by atoms with Crippen LogP contribution in [0.2, 0.25) is 0 Å². The smallest absolute Gasteiger partial charge is 1.00 e. The van der Waals surface area contributed by atoms with Crippen molar-refractivity contribution in [3.63, 3.8) is 0 Å². The van der Waals surface area contributed by atoms with Crippen LogP contribution in [-0.2, 0) is 67.1 Å². The van der Waals surface area contributed by atoms with Gasteiger partial charge in [0.2, 0.25) is 0 Å². The van der Waals surface area contributed by atoms with Crippen LogP contribution < -0.4 is 80.2 Å². The van der Waals surface area contributed by atoms with E-state index in [-0.39, 0.29) is 101 Å². The maximum atomic E-state index is 12.9. The summed E-state index contributed by atoms with van der Waals surface area (Å²) in [5.41, 5.74) is 18.0. The van der Waals surface area contributed by atoms with Crippen molar-refractivity contribution in [2.75, 3.05) is 120 Å². The van der Waals surface area contributed by atoms with Crippen LogP contribution in [0.1, 0.15) is 153 Å². The summed E-state index contributed by atoms with van der Waals surface area (Å²) < 4.78 is 63.9. The Morgan fingerprint density at radius 2 is 0.600 bits per heavy atom. The van der Waals surface area contributed by atoms with Gasteiger partial charge in [-0.2, -0.15) is 26.4 Å². The number of likely N-dealkylation sites (tertiary alicyclic amines) is 3. The average Bonchev–Trinajstić information content (AvgIpc) is 0.777. The first-order valence-corrected chi connectivity index (χ1v) is 51.2.